The van der Waals surface area contributed by atoms with Crippen LogP contribution in [0.1, 0.15) is 12.8 Å². The van der Waals surface area contributed by atoms with Crippen molar-refractivity contribution in [2.75, 3.05) is 5.88 Å². The quantitative estimate of drug-likeness (QED) is 0.622. The summed E-state index contributed by atoms with van der Waals surface area (Å²) in [5.41, 5.74) is -0.962. The summed E-state index contributed by atoms with van der Waals surface area (Å²) in [6.45, 7) is 0. The van der Waals surface area contributed by atoms with Crippen molar-refractivity contribution in [3.8, 4) is 0 Å². The first-order chi connectivity index (χ1) is 10.6. The molecule has 0 aliphatic heterocycles. The standard InChI is InChI=1S/C17H18ClO3P/c18-13-7-12-16(17(19)20)22(21,14-8-3-1-4-9-14)15-10-5-2-6-11-15/h1-6,8-11,16H,7,12-13H2,(H,19,20). The Balaban J connectivity index is 2.59. The molecule has 0 aliphatic rings. The van der Waals surface area contributed by atoms with Crippen LogP contribution in [0.2, 0.25) is 0 Å². The van der Waals surface area contributed by atoms with Gasteiger partial charge in [-0.2, -0.15) is 0 Å². The van der Waals surface area contributed by atoms with Crippen LogP contribution >= 0.6 is 18.7 Å². The minimum atomic E-state index is -3.28. The summed E-state index contributed by atoms with van der Waals surface area (Å²) in [4.78, 5) is 11.8. The Morgan fingerprint density at radius 1 is 1.00 bits per heavy atom. The molecule has 3 nitrogen and oxygen atoms in total. The Hall–Kier alpha value is -1.57. The van der Waals surface area contributed by atoms with Crippen molar-refractivity contribution in [1.82, 2.24) is 0 Å². The molecule has 0 amide bonds. The van der Waals surface area contributed by atoms with Crippen LogP contribution < -0.4 is 10.6 Å². The maximum atomic E-state index is 13.8. The molecule has 0 radical (unpaired) electrons. The number of aliphatic carboxylic acids is 1. The van der Waals surface area contributed by atoms with Crippen LogP contribution in [0.15, 0.2) is 60.7 Å². The van der Waals surface area contributed by atoms with Crippen LogP contribution in [0.25, 0.3) is 0 Å². The Bertz CT molecular complexity index is 615. The van der Waals surface area contributed by atoms with Gasteiger partial charge in [0.25, 0.3) is 0 Å². The molecule has 2 rings (SSSR count). The molecular formula is C17H18ClO3P. The number of hydrogen-bond acceptors (Lipinski definition) is 2. The van der Waals surface area contributed by atoms with Gasteiger partial charge < -0.3 is 9.67 Å². The number of carboxylic acid groups (broad SMARTS) is 1. The summed E-state index contributed by atoms with van der Waals surface area (Å²) >= 11 is 5.71. The lowest BCUT2D eigenvalue weighted by atomic mass is 10.2. The van der Waals surface area contributed by atoms with Crippen molar-refractivity contribution in [3.05, 3.63) is 60.7 Å². The minimum absolute atomic E-state index is 0.292. The van der Waals surface area contributed by atoms with Gasteiger partial charge in [-0.1, -0.05) is 60.7 Å². The van der Waals surface area contributed by atoms with Gasteiger partial charge in [-0.3, -0.25) is 4.79 Å². The maximum Gasteiger partial charge on any atom is 0.314 e. The van der Waals surface area contributed by atoms with Crippen LogP contribution in [0.4, 0.5) is 0 Å². The third-order valence-electron chi connectivity index (χ3n) is 3.61. The van der Waals surface area contributed by atoms with Crippen molar-refractivity contribution in [3.63, 3.8) is 0 Å². The van der Waals surface area contributed by atoms with Gasteiger partial charge in [0.2, 0.25) is 0 Å². The van der Waals surface area contributed by atoms with Crippen molar-refractivity contribution < 1.29 is 14.5 Å². The Morgan fingerprint density at radius 2 is 1.45 bits per heavy atom. The Labute approximate surface area is 135 Å². The molecule has 1 N–H and O–H groups in total. The van der Waals surface area contributed by atoms with Gasteiger partial charge in [0.1, 0.15) is 5.66 Å². The molecule has 0 bridgehead atoms. The van der Waals surface area contributed by atoms with Gasteiger partial charge in [-0.25, -0.2) is 0 Å². The summed E-state index contributed by atoms with van der Waals surface area (Å²) in [5.74, 6) is -0.686. The highest BCUT2D eigenvalue weighted by molar-refractivity contribution is 7.80. The molecule has 0 spiro atoms. The zero-order valence-electron chi connectivity index (χ0n) is 12.1. The molecule has 116 valence electrons. The number of rotatable bonds is 7. The third kappa shape index (κ3) is 3.43. The summed E-state index contributed by atoms with van der Waals surface area (Å²) in [6.07, 6.45) is 0.808. The van der Waals surface area contributed by atoms with E-state index >= 15 is 0 Å². The van der Waals surface area contributed by atoms with Crippen LogP contribution in [0.5, 0.6) is 0 Å². The van der Waals surface area contributed by atoms with Gasteiger partial charge >= 0.3 is 5.97 Å². The molecule has 22 heavy (non-hydrogen) atoms. The smallest absolute Gasteiger partial charge is 0.314 e. The van der Waals surface area contributed by atoms with E-state index < -0.39 is 18.8 Å². The largest absolute Gasteiger partial charge is 0.481 e. The molecule has 0 fully saturated rings. The molecule has 2 aromatic rings. The number of alkyl halides is 1. The van der Waals surface area contributed by atoms with Crippen molar-refractivity contribution in [1.29, 1.82) is 0 Å². The monoisotopic (exact) mass is 336 g/mol. The molecular weight excluding hydrogens is 319 g/mol. The highest BCUT2D eigenvalue weighted by Gasteiger charge is 2.40. The summed E-state index contributed by atoms with van der Waals surface area (Å²) in [7, 11) is -3.28. The molecule has 0 aliphatic carbocycles. The van der Waals surface area contributed by atoms with Crippen LogP contribution in [0, 0.1) is 0 Å². The Kier molecular flexibility index (Phi) is 5.82. The molecule has 0 saturated heterocycles. The van der Waals surface area contributed by atoms with Crippen molar-refractivity contribution in [2.45, 2.75) is 18.5 Å². The van der Waals surface area contributed by atoms with E-state index in [0.717, 1.165) is 0 Å². The van der Waals surface area contributed by atoms with Gasteiger partial charge in [0.15, 0.2) is 7.14 Å². The van der Waals surface area contributed by atoms with E-state index in [1.54, 1.807) is 48.5 Å². The summed E-state index contributed by atoms with van der Waals surface area (Å²) < 4.78 is 13.8. The van der Waals surface area contributed by atoms with E-state index in [4.69, 9.17) is 11.6 Å². The van der Waals surface area contributed by atoms with Gasteiger partial charge in [-0.05, 0) is 12.8 Å². The van der Waals surface area contributed by atoms with E-state index in [9.17, 15) is 14.5 Å². The van der Waals surface area contributed by atoms with E-state index in [-0.39, 0.29) is 0 Å². The predicted molar refractivity (Wildman–Crippen MR) is 91.1 cm³/mol. The SMILES string of the molecule is O=C(O)C(CCCCl)P(=O)(c1ccccc1)c1ccccc1. The van der Waals surface area contributed by atoms with Crippen LogP contribution in [-0.2, 0) is 9.36 Å². The van der Waals surface area contributed by atoms with Crippen molar-refractivity contribution >= 4 is 35.3 Å². The van der Waals surface area contributed by atoms with E-state index in [0.29, 0.717) is 29.3 Å². The average Bonchev–Trinajstić information content (AvgIpc) is 2.56. The Morgan fingerprint density at radius 3 is 1.82 bits per heavy atom. The first-order valence-electron chi connectivity index (χ1n) is 7.10. The second kappa shape index (κ2) is 7.62. The molecule has 5 heteroatoms. The highest BCUT2D eigenvalue weighted by atomic mass is 35.5. The number of carboxylic acids is 1. The predicted octanol–water partition coefficient (Wildman–Crippen LogP) is 3.47. The number of halogens is 1. The van der Waals surface area contributed by atoms with Crippen LogP contribution in [0.3, 0.4) is 0 Å². The molecule has 0 aromatic heterocycles. The second-order valence-electron chi connectivity index (χ2n) is 5.01. The first-order valence-corrected chi connectivity index (χ1v) is 9.41. The molecule has 1 atom stereocenters. The lowest BCUT2D eigenvalue weighted by molar-refractivity contribution is -0.136. The molecule has 0 saturated carbocycles. The second-order valence-corrected chi connectivity index (χ2v) is 8.36. The van der Waals surface area contributed by atoms with Gasteiger partial charge in [0.05, 0.1) is 0 Å². The topological polar surface area (TPSA) is 54.4 Å². The molecule has 1 unspecified atom stereocenters. The van der Waals surface area contributed by atoms with Crippen LogP contribution in [-0.4, -0.2) is 22.6 Å². The lowest BCUT2D eigenvalue weighted by Crippen LogP contribution is -2.31. The minimum Gasteiger partial charge on any atom is -0.481 e. The van der Waals surface area contributed by atoms with E-state index in [1.807, 2.05) is 12.1 Å². The lowest BCUT2D eigenvalue weighted by Gasteiger charge is -2.25. The summed E-state index contributed by atoms with van der Waals surface area (Å²) in [5, 5.41) is 10.8. The first kappa shape index (κ1) is 16.8. The fraction of sp³-hybridized carbons (Fsp3) is 0.235. The zero-order chi connectivity index (χ0) is 16.0. The van der Waals surface area contributed by atoms with E-state index in [2.05, 4.69) is 0 Å². The number of carbonyl (C=O) groups is 1. The fourth-order valence-corrected chi connectivity index (χ4v) is 5.80. The normalized spacial score (nSPS) is 12.8. The van der Waals surface area contributed by atoms with E-state index in [1.165, 1.54) is 0 Å². The molecule has 0 heterocycles. The fourth-order valence-electron chi connectivity index (χ4n) is 2.54. The van der Waals surface area contributed by atoms with Crippen molar-refractivity contribution in [2.24, 2.45) is 0 Å². The highest BCUT2D eigenvalue weighted by Crippen LogP contribution is 2.50. The summed E-state index contributed by atoms with van der Waals surface area (Å²) in [6, 6.07) is 17.7. The maximum absolute atomic E-state index is 13.8. The average molecular weight is 337 g/mol. The van der Waals surface area contributed by atoms with Gasteiger partial charge in [0, 0.05) is 16.5 Å². The zero-order valence-corrected chi connectivity index (χ0v) is 13.7. The third-order valence-corrected chi connectivity index (χ3v) is 7.37. The number of hydrogen-bond donors (Lipinski definition) is 1. The number of benzene rings is 2. The molecule has 2 aromatic carbocycles. The van der Waals surface area contributed by atoms with Gasteiger partial charge in [-0.15, -0.1) is 11.6 Å².